The molecule has 0 aromatic heterocycles. The Morgan fingerprint density at radius 2 is 1.83 bits per heavy atom. The molecule has 0 fully saturated rings. The van der Waals surface area contributed by atoms with Crippen molar-refractivity contribution >= 4 is 11.4 Å². The molecule has 1 aliphatic heterocycles. The first-order valence-corrected chi connectivity index (χ1v) is 8.27. The molecule has 0 radical (unpaired) electrons. The average molecular weight is 320 g/mol. The molecule has 2 aromatic rings. The number of hydrogen-bond donors (Lipinski definition) is 1. The van der Waals surface area contributed by atoms with Crippen LogP contribution in [0.2, 0.25) is 0 Å². The Balaban J connectivity index is 2.24. The number of rotatable bonds is 2. The van der Waals surface area contributed by atoms with Crippen molar-refractivity contribution < 1.29 is 4.74 Å². The predicted octanol–water partition coefficient (Wildman–Crippen LogP) is 4.31. The molecule has 3 nitrogen and oxygen atoms in total. The summed E-state index contributed by atoms with van der Waals surface area (Å²) in [5.41, 5.74) is 13.6. The lowest BCUT2D eigenvalue weighted by Gasteiger charge is -2.20. The van der Waals surface area contributed by atoms with Gasteiger partial charge in [0.15, 0.2) is 0 Å². The Morgan fingerprint density at radius 1 is 1.12 bits per heavy atom. The Kier molecular flexibility index (Phi) is 4.43. The monoisotopic (exact) mass is 320 g/mol. The van der Waals surface area contributed by atoms with Crippen LogP contribution in [0.1, 0.15) is 36.1 Å². The van der Waals surface area contributed by atoms with Gasteiger partial charge in [-0.2, -0.15) is 0 Å². The summed E-state index contributed by atoms with van der Waals surface area (Å²) < 4.78 is 5.55. The van der Waals surface area contributed by atoms with Gasteiger partial charge >= 0.3 is 0 Å². The van der Waals surface area contributed by atoms with E-state index in [0.717, 1.165) is 40.3 Å². The minimum absolute atomic E-state index is 0.137. The van der Waals surface area contributed by atoms with Gasteiger partial charge in [0.1, 0.15) is 5.75 Å². The highest BCUT2D eigenvalue weighted by molar-refractivity contribution is 6.14. The topological polar surface area (TPSA) is 47.6 Å². The average Bonchev–Trinajstić information content (AvgIpc) is 2.53. The molecular formula is C21H24N2O. The summed E-state index contributed by atoms with van der Waals surface area (Å²) in [6.45, 7) is 6.38. The highest BCUT2D eigenvalue weighted by Crippen LogP contribution is 2.29. The number of ether oxygens (including phenoxy) is 1. The van der Waals surface area contributed by atoms with Gasteiger partial charge in [0.2, 0.25) is 0 Å². The van der Waals surface area contributed by atoms with E-state index < -0.39 is 0 Å². The molecule has 0 spiro atoms. The molecule has 0 aliphatic carbocycles. The zero-order valence-electron chi connectivity index (χ0n) is 14.8. The number of nitrogens with two attached hydrogens (primary N) is 1. The van der Waals surface area contributed by atoms with Crippen molar-refractivity contribution in [2.45, 2.75) is 33.2 Å². The summed E-state index contributed by atoms with van der Waals surface area (Å²) >= 11 is 0. The van der Waals surface area contributed by atoms with Crippen LogP contribution in [0.5, 0.6) is 5.75 Å². The van der Waals surface area contributed by atoms with Gasteiger partial charge in [-0.25, -0.2) is 0 Å². The van der Waals surface area contributed by atoms with E-state index in [-0.39, 0.29) is 6.04 Å². The van der Waals surface area contributed by atoms with E-state index in [1.54, 1.807) is 7.11 Å². The van der Waals surface area contributed by atoms with Gasteiger partial charge in [-0.05, 0) is 56.5 Å². The van der Waals surface area contributed by atoms with Crippen molar-refractivity contribution in [3.05, 3.63) is 70.3 Å². The molecule has 24 heavy (non-hydrogen) atoms. The van der Waals surface area contributed by atoms with Crippen LogP contribution >= 0.6 is 0 Å². The van der Waals surface area contributed by atoms with Crippen LogP contribution in [-0.2, 0) is 6.42 Å². The summed E-state index contributed by atoms with van der Waals surface area (Å²) in [4.78, 5) is 4.98. The molecule has 3 heteroatoms. The highest BCUT2D eigenvalue weighted by atomic mass is 16.5. The number of allylic oxidation sites excluding steroid dienone is 1. The van der Waals surface area contributed by atoms with Crippen LogP contribution in [0, 0.1) is 6.92 Å². The molecule has 2 N–H and O–H groups in total. The second-order valence-corrected chi connectivity index (χ2v) is 6.51. The Morgan fingerprint density at radius 3 is 2.50 bits per heavy atom. The maximum atomic E-state index is 5.85. The minimum Gasteiger partial charge on any atom is -0.496 e. The van der Waals surface area contributed by atoms with E-state index in [1.165, 1.54) is 11.1 Å². The van der Waals surface area contributed by atoms with Gasteiger partial charge in [-0.3, -0.25) is 4.99 Å². The van der Waals surface area contributed by atoms with Crippen molar-refractivity contribution in [1.82, 2.24) is 0 Å². The molecule has 1 unspecified atom stereocenters. The second-order valence-electron chi connectivity index (χ2n) is 6.51. The maximum Gasteiger partial charge on any atom is 0.122 e. The van der Waals surface area contributed by atoms with Gasteiger partial charge < -0.3 is 10.5 Å². The van der Waals surface area contributed by atoms with Gasteiger partial charge in [0.05, 0.1) is 18.9 Å². The van der Waals surface area contributed by atoms with E-state index in [2.05, 4.69) is 39.0 Å². The molecule has 1 heterocycles. The SMILES string of the molecule is COc1cc2c(cc1C)CC(C)=CC(C)N=C2c1ccc(N)cc1. The number of aliphatic imine (C=N–C) groups is 1. The van der Waals surface area contributed by atoms with Crippen LogP contribution in [0.4, 0.5) is 5.69 Å². The zero-order valence-corrected chi connectivity index (χ0v) is 14.8. The fraction of sp³-hybridized carbons (Fsp3) is 0.286. The summed E-state index contributed by atoms with van der Waals surface area (Å²) in [7, 11) is 1.71. The highest BCUT2D eigenvalue weighted by Gasteiger charge is 2.18. The molecule has 0 bridgehead atoms. The van der Waals surface area contributed by atoms with E-state index in [0.29, 0.717) is 0 Å². The van der Waals surface area contributed by atoms with Gasteiger partial charge in [-0.1, -0.05) is 29.8 Å². The number of fused-ring (bicyclic) bond motifs is 1. The van der Waals surface area contributed by atoms with E-state index in [9.17, 15) is 0 Å². The van der Waals surface area contributed by atoms with Gasteiger partial charge in [0, 0.05) is 16.8 Å². The van der Waals surface area contributed by atoms with Crippen molar-refractivity contribution in [1.29, 1.82) is 0 Å². The zero-order chi connectivity index (χ0) is 17.3. The van der Waals surface area contributed by atoms with Crippen molar-refractivity contribution in [3.8, 4) is 5.75 Å². The number of nitrogens with zero attached hydrogens (tertiary/aromatic N) is 1. The Labute approximate surface area is 143 Å². The number of nitrogen functional groups attached to an aromatic ring is 1. The minimum atomic E-state index is 0.137. The van der Waals surface area contributed by atoms with Crippen LogP contribution in [0.15, 0.2) is 53.0 Å². The molecule has 1 aliphatic rings. The van der Waals surface area contributed by atoms with Gasteiger partial charge in [-0.15, -0.1) is 0 Å². The van der Waals surface area contributed by atoms with Crippen LogP contribution < -0.4 is 10.5 Å². The summed E-state index contributed by atoms with van der Waals surface area (Å²) in [5, 5.41) is 0. The van der Waals surface area contributed by atoms with Crippen LogP contribution in [0.3, 0.4) is 0 Å². The second kappa shape index (κ2) is 6.52. The molecule has 1 atom stereocenters. The summed E-state index contributed by atoms with van der Waals surface area (Å²) in [6, 6.07) is 12.4. The fourth-order valence-electron chi connectivity index (χ4n) is 3.29. The number of methoxy groups -OCH3 is 1. The third kappa shape index (κ3) is 3.21. The van der Waals surface area contributed by atoms with Crippen molar-refractivity contribution in [3.63, 3.8) is 0 Å². The first-order valence-electron chi connectivity index (χ1n) is 8.27. The number of hydrogen-bond acceptors (Lipinski definition) is 3. The van der Waals surface area contributed by atoms with Crippen LogP contribution in [0.25, 0.3) is 0 Å². The lowest BCUT2D eigenvalue weighted by Crippen LogP contribution is -2.14. The Bertz CT molecular complexity index is 816. The van der Waals surface area contributed by atoms with E-state index >= 15 is 0 Å². The third-order valence-corrected chi connectivity index (χ3v) is 4.39. The normalized spacial score (nSPS) is 17.2. The fourth-order valence-corrected chi connectivity index (χ4v) is 3.29. The van der Waals surface area contributed by atoms with Crippen molar-refractivity contribution in [2.75, 3.05) is 12.8 Å². The number of benzene rings is 2. The lowest BCUT2D eigenvalue weighted by molar-refractivity contribution is 0.411. The summed E-state index contributed by atoms with van der Waals surface area (Å²) in [6.07, 6.45) is 3.16. The predicted molar refractivity (Wildman–Crippen MR) is 101 cm³/mol. The van der Waals surface area contributed by atoms with E-state index in [4.69, 9.17) is 15.5 Å². The van der Waals surface area contributed by atoms with Crippen molar-refractivity contribution in [2.24, 2.45) is 4.99 Å². The lowest BCUT2D eigenvalue weighted by atomic mass is 9.90. The largest absolute Gasteiger partial charge is 0.496 e. The third-order valence-electron chi connectivity index (χ3n) is 4.39. The Hall–Kier alpha value is -2.55. The molecule has 0 saturated carbocycles. The van der Waals surface area contributed by atoms with Crippen LogP contribution in [-0.4, -0.2) is 18.9 Å². The smallest absolute Gasteiger partial charge is 0.122 e. The quantitative estimate of drug-likeness (QED) is 0.662. The van der Waals surface area contributed by atoms with E-state index in [1.807, 2.05) is 24.3 Å². The molecule has 3 rings (SSSR count). The number of anilines is 1. The summed E-state index contributed by atoms with van der Waals surface area (Å²) in [5.74, 6) is 0.895. The standard InChI is InChI=1S/C21H24N2O/c1-13-9-15(3)23-21(16-5-7-18(22)8-6-16)19-12-20(24-4)14(2)11-17(19)10-13/h5-9,11-12,15H,10,22H2,1-4H3. The molecule has 0 amide bonds. The maximum absolute atomic E-state index is 5.85. The first-order chi connectivity index (χ1) is 11.5. The number of aryl methyl sites for hydroxylation is 1. The first kappa shape index (κ1) is 16.3. The molecule has 0 saturated heterocycles. The molecule has 124 valence electrons. The van der Waals surface area contributed by atoms with Gasteiger partial charge in [0.25, 0.3) is 0 Å². The molecule has 2 aromatic carbocycles. The molecular weight excluding hydrogens is 296 g/mol.